The first-order chi connectivity index (χ1) is 14.8. The van der Waals surface area contributed by atoms with Gasteiger partial charge >= 0.3 is 0 Å². The Morgan fingerprint density at radius 2 is 2.00 bits per heavy atom. The van der Waals surface area contributed by atoms with Crippen molar-refractivity contribution < 1.29 is 19.7 Å². The first kappa shape index (κ1) is 20.9. The standard InChI is InChI=1S/C21H17Cl2N5O3/c1-10(19-14(22)7-26-8-15(19)23)31-12-2-3-16(24)13(5-12)20(25)11-4-17-21(27-6-11)28-18(29)9-30-17/h2-8,10,25H,9,24H2,1H3,(H,27,28,29)/p+1/t10-/m1/s1. The molecule has 0 saturated heterocycles. The van der Waals surface area contributed by atoms with Crippen LogP contribution in [0.3, 0.4) is 0 Å². The Labute approximate surface area is 187 Å². The Kier molecular flexibility index (Phi) is 5.67. The molecule has 0 bridgehead atoms. The molecule has 10 heteroatoms. The molecule has 31 heavy (non-hydrogen) atoms. The minimum atomic E-state index is -0.442. The summed E-state index contributed by atoms with van der Waals surface area (Å²) in [7, 11) is 0. The quantitative estimate of drug-likeness (QED) is 0.398. The number of nitrogen functional groups attached to an aromatic ring is 1. The van der Waals surface area contributed by atoms with Gasteiger partial charge in [-0.05, 0) is 31.2 Å². The van der Waals surface area contributed by atoms with Crippen LogP contribution in [0.25, 0.3) is 0 Å². The molecule has 4 rings (SSSR count). The van der Waals surface area contributed by atoms with Gasteiger partial charge in [0.25, 0.3) is 5.91 Å². The van der Waals surface area contributed by atoms with Crippen LogP contribution < -0.4 is 25.9 Å². The number of pyridine rings is 2. The molecular weight excluding hydrogens is 441 g/mol. The normalized spacial score (nSPS) is 13.6. The Hall–Kier alpha value is -3.36. The van der Waals surface area contributed by atoms with Gasteiger partial charge in [-0.3, -0.25) is 15.2 Å². The molecule has 1 aliphatic heterocycles. The van der Waals surface area contributed by atoms with E-state index in [-0.39, 0.29) is 12.5 Å². The lowest BCUT2D eigenvalue weighted by atomic mass is 10.0. The molecule has 0 unspecified atom stereocenters. The smallest absolute Gasteiger partial charge is 0.263 e. The highest BCUT2D eigenvalue weighted by Crippen LogP contribution is 2.33. The van der Waals surface area contributed by atoms with Crippen molar-refractivity contribution in [3.63, 3.8) is 0 Å². The van der Waals surface area contributed by atoms with Crippen LogP contribution in [0.1, 0.15) is 29.7 Å². The van der Waals surface area contributed by atoms with Crippen molar-refractivity contribution in [2.24, 2.45) is 0 Å². The Morgan fingerprint density at radius 1 is 1.26 bits per heavy atom. The largest absolute Gasteiger partial charge is 0.486 e. The Balaban J connectivity index is 1.61. The summed E-state index contributed by atoms with van der Waals surface area (Å²) in [6, 6.07) is 6.85. The number of benzene rings is 1. The fourth-order valence-electron chi connectivity index (χ4n) is 3.18. The second-order valence-electron chi connectivity index (χ2n) is 6.85. The average Bonchev–Trinajstić information content (AvgIpc) is 2.74. The van der Waals surface area contributed by atoms with E-state index in [4.69, 9.17) is 43.8 Å². The van der Waals surface area contributed by atoms with E-state index in [1.165, 1.54) is 18.6 Å². The highest BCUT2D eigenvalue weighted by molar-refractivity contribution is 6.35. The summed E-state index contributed by atoms with van der Waals surface area (Å²) < 4.78 is 11.4. The number of hydrogen-bond acceptors (Lipinski definition) is 6. The molecule has 1 aliphatic rings. The molecule has 3 aromatic rings. The molecule has 0 radical (unpaired) electrons. The van der Waals surface area contributed by atoms with Gasteiger partial charge in [-0.1, -0.05) is 23.2 Å². The maximum atomic E-state index is 11.4. The van der Waals surface area contributed by atoms with E-state index in [1.54, 1.807) is 24.3 Å². The first-order valence-electron chi connectivity index (χ1n) is 9.24. The number of aromatic nitrogens is 2. The number of anilines is 2. The fourth-order valence-corrected chi connectivity index (χ4v) is 3.85. The Morgan fingerprint density at radius 3 is 2.74 bits per heavy atom. The third-order valence-corrected chi connectivity index (χ3v) is 5.31. The summed E-state index contributed by atoms with van der Waals surface area (Å²) in [4.78, 5) is 19.6. The van der Waals surface area contributed by atoms with Crippen LogP contribution in [-0.2, 0) is 4.79 Å². The molecule has 0 aliphatic carbocycles. The monoisotopic (exact) mass is 458 g/mol. The topological polar surface area (TPSA) is 125 Å². The third kappa shape index (κ3) is 4.26. The van der Waals surface area contributed by atoms with Gasteiger partial charge in [0.15, 0.2) is 18.2 Å². The summed E-state index contributed by atoms with van der Waals surface area (Å²) >= 11 is 12.5. The van der Waals surface area contributed by atoms with E-state index in [0.717, 1.165) is 0 Å². The van der Waals surface area contributed by atoms with Crippen molar-refractivity contribution in [1.29, 1.82) is 0 Å². The zero-order chi connectivity index (χ0) is 22.1. The number of nitrogens with two attached hydrogens (primary N) is 2. The summed E-state index contributed by atoms with van der Waals surface area (Å²) in [5, 5.41) is 9.84. The molecular formula is C21H18Cl2N5O3+. The van der Waals surface area contributed by atoms with Crippen LogP contribution in [0, 0.1) is 0 Å². The molecule has 2 aromatic heterocycles. The summed E-state index contributed by atoms with van der Waals surface area (Å²) in [5.41, 5.74) is 8.79. The lowest BCUT2D eigenvalue weighted by Gasteiger charge is -2.18. The number of nitrogens with one attached hydrogen (secondary N) is 1. The van der Waals surface area contributed by atoms with Crippen LogP contribution >= 0.6 is 23.2 Å². The number of halogens is 2. The number of carbonyl (C=O) groups is 1. The van der Waals surface area contributed by atoms with Gasteiger partial charge in [-0.2, -0.15) is 0 Å². The van der Waals surface area contributed by atoms with Crippen LogP contribution in [0.2, 0.25) is 10.0 Å². The second kappa shape index (κ2) is 8.41. The van der Waals surface area contributed by atoms with Gasteiger partial charge in [0.05, 0.1) is 21.2 Å². The lowest BCUT2D eigenvalue weighted by molar-refractivity contribution is -0.118. The number of nitrogens with zero attached hydrogens (tertiary/aromatic N) is 2. The van der Waals surface area contributed by atoms with E-state index in [2.05, 4.69) is 15.3 Å². The molecule has 5 N–H and O–H groups in total. The lowest BCUT2D eigenvalue weighted by Crippen LogP contribution is -2.41. The minimum Gasteiger partial charge on any atom is -0.486 e. The van der Waals surface area contributed by atoms with Crippen molar-refractivity contribution in [2.75, 3.05) is 17.7 Å². The molecule has 1 aromatic carbocycles. The molecule has 3 heterocycles. The van der Waals surface area contributed by atoms with Crippen molar-refractivity contribution in [2.45, 2.75) is 13.0 Å². The first-order valence-corrected chi connectivity index (χ1v) is 10.00. The number of fused-ring (bicyclic) bond motifs is 1. The predicted octanol–water partition coefficient (Wildman–Crippen LogP) is 2.43. The highest BCUT2D eigenvalue weighted by Gasteiger charge is 2.23. The molecule has 1 atom stereocenters. The number of hydrogen-bond donors (Lipinski definition) is 3. The van der Waals surface area contributed by atoms with Gasteiger partial charge in [-0.25, -0.2) is 4.98 Å². The molecule has 158 valence electrons. The number of ether oxygens (including phenoxy) is 2. The number of rotatable bonds is 5. The van der Waals surface area contributed by atoms with Gasteiger partial charge < -0.3 is 20.5 Å². The van der Waals surface area contributed by atoms with E-state index >= 15 is 0 Å². The highest BCUT2D eigenvalue weighted by atomic mass is 35.5. The molecule has 0 spiro atoms. The number of amides is 1. The van der Waals surface area contributed by atoms with Gasteiger partial charge in [0.2, 0.25) is 5.71 Å². The van der Waals surface area contributed by atoms with Crippen LogP contribution in [0.5, 0.6) is 11.5 Å². The van der Waals surface area contributed by atoms with E-state index in [0.29, 0.717) is 55.5 Å². The fraction of sp³-hybridized carbons (Fsp3) is 0.143. The third-order valence-electron chi connectivity index (χ3n) is 4.70. The zero-order valence-corrected chi connectivity index (χ0v) is 17.9. The Bertz CT molecular complexity index is 1180. The summed E-state index contributed by atoms with van der Waals surface area (Å²) in [6.07, 6.45) is 4.12. The van der Waals surface area contributed by atoms with Crippen LogP contribution in [0.15, 0.2) is 42.9 Å². The van der Waals surface area contributed by atoms with E-state index in [9.17, 15) is 4.79 Å². The van der Waals surface area contributed by atoms with Crippen molar-refractivity contribution in [3.05, 3.63) is 69.6 Å². The molecule has 1 amide bonds. The van der Waals surface area contributed by atoms with Crippen molar-refractivity contribution >= 4 is 46.3 Å². The van der Waals surface area contributed by atoms with Crippen molar-refractivity contribution in [1.82, 2.24) is 9.97 Å². The van der Waals surface area contributed by atoms with E-state index < -0.39 is 6.10 Å². The summed E-state index contributed by atoms with van der Waals surface area (Å²) in [6.45, 7) is 1.75. The molecule has 8 nitrogen and oxygen atoms in total. The van der Waals surface area contributed by atoms with Gasteiger partial charge in [-0.15, -0.1) is 0 Å². The number of carbonyl (C=O) groups excluding carboxylic acids is 1. The maximum absolute atomic E-state index is 11.4. The van der Waals surface area contributed by atoms with Crippen LogP contribution in [-0.4, -0.2) is 28.2 Å². The predicted molar refractivity (Wildman–Crippen MR) is 118 cm³/mol. The molecule has 0 fully saturated rings. The second-order valence-corrected chi connectivity index (χ2v) is 7.66. The van der Waals surface area contributed by atoms with Gasteiger partial charge in [0, 0.05) is 29.8 Å². The minimum absolute atomic E-state index is 0.0818. The zero-order valence-electron chi connectivity index (χ0n) is 16.4. The average molecular weight is 459 g/mol. The summed E-state index contributed by atoms with van der Waals surface area (Å²) in [5.74, 6) is 1.04. The maximum Gasteiger partial charge on any atom is 0.263 e. The van der Waals surface area contributed by atoms with Gasteiger partial charge in [0.1, 0.15) is 11.9 Å². The van der Waals surface area contributed by atoms with Crippen LogP contribution in [0.4, 0.5) is 11.5 Å². The SMILES string of the molecule is C[C@@H](Oc1ccc(N)c(C(=[NH2+])c2cnc3c(c2)OCC(=O)N3)c1)c1c(Cl)cncc1Cl. The molecule has 0 saturated carbocycles. The van der Waals surface area contributed by atoms with Crippen molar-refractivity contribution in [3.8, 4) is 11.5 Å². The van der Waals surface area contributed by atoms with E-state index in [1.807, 2.05) is 6.92 Å².